The van der Waals surface area contributed by atoms with Gasteiger partial charge >= 0.3 is 0 Å². The van der Waals surface area contributed by atoms with Crippen molar-refractivity contribution in [1.82, 2.24) is 15.0 Å². The molecule has 7 nitrogen and oxygen atoms in total. The van der Waals surface area contributed by atoms with Gasteiger partial charge in [0.25, 0.3) is 0 Å². The highest BCUT2D eigenvalue weighted by Gasteiger charge is 2.24. The highest BCUT2D eigenvalue weighted by molar-refractivity contribution is 5.91. The normalized spacial score (nSPS) is 19.2. The molecule has 0 unspecified atom stereocenters. The third-order valence-electron chi connectivity index (χ3n) is 5.87. The minimum absolute atomic E-state index is 0.113. The Morgan fingerprint density at radius 3 is 2.46 bits per heavy atom. The molecular weight excluding hydrogens is 356 g/mol. The lowest BCUT2D eigenvalue weighted by Crippen LogP contribution is -2.50. The summed E-state index contributed by atoms with van der Waals surface area (Å²) in [5.41, 5.74) is 0.695. The van der Waals surface area contributed by atoms with Crippen LogP contribution in [-0.2, 0) is 15.0 Å². The first-order chi connectivity index (χ1) is 13.3. The van der Waals surface area contributed by atoms with E-state index in [9.17, 15) is 9.59 Å². The van der Waals surface area contributed by atoms with Crippen LogP contribution in [0.5, 0.6) is 0 Å². The third-order valence-corrected chi connectivity index (χ3v) is 5.87. The zero-order valence-electron chi connectivity index (χ0n) is 17.5. The van der Waals surface area contributed by atoms with E-state index in [1.807, 2.05) is 25.7 Å². The van der Waals surface area contributed by atoms with Gasteiger partial charge in [0.1, 0.15) is 0 Å². The Morgan fingerprint density at radius 1 is 1.18 bits per heavy atom. The van der Waals surface area contributed by atoms with Gasteiger partial charge in [-0.2, -0.15) is 0 Å². The fourth-order valence-corrected chi connectivity index (χ4v) is 4.01. The lowest BCUT2D eigenvalue weighted by molar-refractivity contribution is -0.133. The van der Waals surface area contributed by atoms with Crippen LogP contribution >= 0.6 is 0 Å². The second-order valence-corrected chi connectivity index (χ2v) is 9.22. The van der Waals surface area contributed by atoms with Gasteiger partial charge in [-0.15, -0.1) is 0 Å². The van der Waals surface area contributed by atoms with Crippen LogP contribution in [0.25, 0.3) is 0 Å². The molecule has 2 amide bonds. The van der Waals surface area contributed by atoms with Crippen LogP contribution in [0, 0.1) is 5.92 Å². The Bertz CT molecular complexity index is 665. The molecule has 1 aliphatic carbocycles. The average Bonchev–Trinajstić information content (AvgIpc) is 3.31. The quantitative estimate of drug-likeness (QED) is 0.808. The van der Waals surface area contributed by atoms with Gasteiger partial charge in [0.15, 0.2) is 0 Å². The molecule has 0 atom stereocenters. The first-order valence-corrected chi connectivity index (χ1v) is 10.6. The van der Waals surface area contributed by atoms with E-state index in [1.54, 1.807) is 6.07 Å². The van der Waals surface area contributed by atoms with E-state index in [0.717, 1.165) is 31.1 Å². The van der Waals surface area contributed by atoms with E-state index in [0.29, 0.717) is 31.9 Å². The van der Waals surface area contributed by atoms with Crippen molar-refractivity contribution in [3.8, 4) is 0 Å². The molecule has 2 heterocycles. The SMILES string of the molecule is CC(C)(C)c1cc(NC(=O)CN2CCN(C(=O)CCC3CCCC3)CC2)on1. The second-order valence-electron chi connectivity index (χ2n) is 9.22. The van der Waals surface area contributed by atoms with Crippen molar-refractivity contribution in [2.24, 2.45) is 5.92 Å². The van der Waals surface area contributed by atoms with E-state index in [4.69, 9.17) is 4.52 Å². The van der Waals surface area contributed by atoms with E-state index in [-0.39, 0.29) is 17.2 Å². The zero-order chi connectivity index (χ0) is 20.1. The Morgan fingerprint density at radius 2 is 1.86 bits per heavy atom. The van der Waals surface area contributed by atoms with E-state index < -0.39 is 0 Å². The van der Waals surface area contributed by atoms with Crippen LogP contribution in [-0.4, -0.2) is 59.5 Å². The number of amides is 2. The largest absolute Gasteiger partial charge is 0.340 e. The van der Waals surface area contributed by atoms with Gasteiger partial charge in [-0.1, -0.05) is 51.6 Å². The minimum Gasteiger partial charge on any atom is -0.340 e. The maximum Gasteiger partial charge on any atom is 0.240 e. The molecule has 0 spiro atoms. The van der Waals surface area contributed by atoms with E-state index in [2.05, 4.69) is 15.4 Å². The number of aromatic nitrogens is 1. The highest BCUT2D eigenvalue weighted by Crippen LogP contribution is 2.28. The number of anilines is 1. The number of rotatable bonds is 6. The summed E-state index contributed by atoms with van der Waals surface area (Å²) < 4.78 is 5.22. The predicted octanol–water partition coefficient (Wildman–Crippen LogP) is 3.03. The molecule has 28 heavy (non-hydrogen) atoms. The monoisotopic (exact) mass is 390 g/mol. The third kappa shape index (κ3) is 5.80. The smallest absolute Gasteiger partial charge is 0.240 e. The number of hydrogen-bond donors (Lipinski definition) is 1. The molecular formula is C21H34N4O3. The van der Waals surface area contributed by atoms with Gasteiger partial charge < -0.3 is 9.42 Å². The van der Waals surface area contributed by atoms with Gasteiger partial charge in [-0.05, 0) is 12.3 Å². The Kier molecular flexibility index (Phi) is 6.75. The topological polar surface area (TPSA) is 78.7 Å². The van der Waals surface area contributed by atoms with Crippen LogP contribution in [0.4, 0.5) is 5.88 Å². The maximum absolute atomic E-state index is 12.4. The number of piperazine rings is 1. The standard InChI is InChI=1S/C21H34N4O3/c1-21(2,3)17-14-19(28-23-17)22-18(26)15-24-10-12-25(13-11-24)20(27)9-8-16-6-4-5-7-16/h14,16H,4-13,15H2,1-3H3,(H,22,26). The lowest BCUT2D eigenvalue weighted by Gasteiger charge is -2.34. The van der Waals surface area contributed by atoms with Crippen molar-refractivity contribution in [2.45, 2.75) is 64.7 Å². The average molecular weight is 391 g/mol. The van der Waals surface area contributed by atoms with Crippen molar-refractivity contribution in [3.63, 3.8) is 0 Å². The molecule has 1 N–H and O–H groups in total. The predicted molar refractivity (Wildman–Crippen MR) is 108 cm³/mol. The van der Waals surface area contributed by atoms with Gasteiger partial charge in [0.2, 0.25) is 17.7 Å². The van der Waals surface area contributed by atoms with Gasteiger partial charge in [-0.25, -0.2) is 0 Å². The van der Waals surface area contributed by atoms with Gasteiger partial charge in [0.05, 0.1) is 12.2 Å². The summed E-state index contributed by atoms with van der Waals surface area (Å²) >= 11 is 0. The van der Waals surface area contributed by atoms with Crippen LogP contribution in [0.15, 0.2) is 10.6 Å². The van der Waals surface area contributed by atoms with Crippen molar-refractivity contribution < 1.29 is 14.1 Å². The fraction of sp³-hybridized carbons (Fsp3) is 0.762. The van der Waals surface area contributed by atoms with Gasteiger partial charge in [-0.3, -0.25) is 19.8 Å². The number of carbonyl (C=O) groups excluding carboxylic acids is 2. The summed E-state index contributed by atoms with van der Waals surface area (Å²) in [4.78, 5) is 28.7. The van der Waals surface area contributed by atoms with Crippen LogP contribution in [0.2, 0.25) is 0 Å². The number of nitrogens with one attached hydrogen (secondary N) is 1. The summed E-state index contributed by atoms with van der Waals surface area (Å²) in [6.45, 7) is 9.30. The summed E-state index contributed by atoms with van der Waals surface area (Å²) in [5, 5.41) is 6.79. The molecule has 1 saturated carbocycles. The molecule has 7 heteroatoms. The van der Waals surface area contributed by atoms with E-state index in [1.165, 1.54) is 25.7 Å². The second kappa shape index (κ2) is 9.07. The van der Waals surface area contributed by atoms with Crippen molar-refractivity contribution >= 4 is 17.7 Å². The van der Waals surface area contributed by atoms with Crippen molar-refractivity contribution in [3.05, 3.63) is 11.8 Å². The number of carbonyl (C=O) groups is 2. The lowest BCUT2D eigenvalue weighted by atomic mass is 9.92. The Labute approximate surface area is 167 Å². The molecule has 0 radical (unpaired) electrons. The molecule has 156 valence electrons. The van der Waals surface area contributed by atoms with Crippen LogP contribution in [0.3, 0.4) is 0 Å². The van der Waals surface area contributed by atoms with Crippen molar-refractivity contribution in [2.75, 3.05) is 38.0 Å². The highest BCUT2D eigenvalue weighted by atomic mass is 16.5. The number of hydrogen-bond acceptors (Lipinski definition) is 5. The molecule has 1 aliphatic heterocycles. The molecule has 1 aromatic rings. The summed E-state index contributed by atoms with van der Waals surface area (Å²) in [5.74, 6) is 1.30. The molecule has 0 bridgehead atoms. The van der Waals surface area contributed by atoms with E-state index >= 15 is 0 Å². The van der Waals surface area contributed by atoms with Crippen molar-refractivity contribution in [1.29, 1.82) is 0 Å². The van der Waals surface area contributed by atoms with Crippen LogP contribution in [0.1, 0.15) is 65.0 Å². The maximum atomic E-state index is 12.4. The number of nitrogens with zero attached hydrogens (tertiary/aromatic N) is 3. The molecule has 0 aromatic carbocycles. The summed E-state index contributed by atoms with van der Waals surface area (Å²) in [7, 11) is 0. The van der Waals surface area contributed by atoms with Gasteiger partial charge in [0, 0.05) is 44.1 Å². The summed E-state index contributed by atoms with van der Waals surface area (Å²) in [6, 6.07) is 1.78. The molecule has 3 rings (SSSR count). The molecule has 1 aromatic heterocycles. The fourth-order valence-electron chi connectivity index (χ4n) is 4.01. The molecule has 2 aliphatic rings. The molecule has 1 saturated heterocycles. The first-order valence-electron chi connectivity index (χ1n) is 10.6. The first kappa shape index (κ1) is 20.8. The Hall–Kier alpha value is -1.89. The Balaban J connectivity index is 1.37. The van der Waals surface area contributed by atoms with Crippen LogP contribution < -0.4 is 5.32 Å². The summed E-state index contributed by atoms with van der Waals surface area (Å²) in [6.07, 6.45) is 6.94. The zero-order valence-corrected chi connectivity index (χ0v) is 17.5. The minimum atomic E-state index is -0.118. The molecule has 2 fully saturated rings.